The van der Waals surface area contributed by atoms with Crippen molar-refractivity contribution in [3.63, 3.8) is 0 Å². The van der Waals surface area contributed by atoms with Gasteiger partial charge >= 0.3 is 0 Å². The van der Waals surface area contributed by atoms with E-state index in [4.69, 9.17) is 0 Å². The topological polar surface area (TPSA) is 29.6 Å². The fourth-order valence-corrected chi connectivity index (χ4v) is 17.3. The summed E-state index contributed by atoms with van der Waals surface area (Å²) in [6, 6.07) is 122. The van der Waals surface area contributed by atoms with Crippen LogP contribution in [0.15, 0.2) is 328 Å². The summed E-state index contributed by atoms with van der Waals surface area (Å²) in [7, 11) is 0. The summed E-state index contributed by atoms with van der Waals surface area (Å²) >= 11 is 0. The summed E-state index contributed by atoms with van der Waals surface area (Å²) in [6.07, 6.45) is 0. The lowest BCUT2D eigenvalue weighted by Gasteiger charge is -2.17. The van der Waals surface area contributed by atoms with Crippen LogP contribution >= 0.6 is 0 Å². The minimum absolute atomic E-state index is 1.11. The number of hydrogen-bond acceptors (Lipinski definition) is 0. The van der Waals surface area contributed by atoms with Crippen molar-refractivity contribution >= 4 is 163 Å². The smallest absolute Gasteiger partial charge is 0.0641 e. The Kier molecular flexibility index (Phi) is 10.4. The Balaban J connectivity index is 0.836. The van der Waals surface area contributed by atoms with E-state index >= 15 is 0 Å². The lowest BCUT2D eigenvalue weighted by Crippen LogP contribution is -1.98. The molecule has 6 aromatic heterocycles. The van der Waals surface area contributed by atoms with Gasteiger partial charge in [-0.05, 0) is 160 Å². The number of nitrogens with zero attached hydrogens (tertiary/aromatic N) is 6. The minimum atomic E-state index is 1.11. The molecule has 0 unspecified atom stereocenters. The molecule has 6 nitrogen and oxygen atoms in total. The van der Waals surface area contributed by atoms with Gasteiger partial charge in [-0.15, -0.1) is 0 Å². The number of rotatable bonds is 6. The van der Waals surface area contributed by atoms with E-state index in [0.717, 1.165) is 67.2 Å². The zero-order valence-corrected chi connectivity index (χ0v) is 51.9. The quantitative estimate of drug-likeness (QED) is 0.149. The molecule has 6 heterocycles. The van der Waals surface area contributed by atoms with Crippen molar-refractivity contribution in [1.29, 1.82) is 0 Å². The molecule has 0 amide bonds. The average Bonchev–Trinajstić information content (AvgIpc) is 1.41. The zero-order valence-electron chi connectivity index (χ0n) is 51.9. The molecule has 22 rings (SSSR count). The van der Waals surface area contributed by atoms with Crippen LogP contribution in [0.4, 0.5) is 0 Å². The summed E-state index contributed by atoms with van der Waals surface area (Å²) in [5.41, 5.74) is 21.0. The van der Waals surface area contributed by atoms with E-state index in [9.17, 15) is 0 Å². The second kappa shape index (κ2) is 19.3. The number of fused-ring (bicyclic) bond motifs is 27. The first kappa shape index (κ1) is 51.7. The Morgan fingerprint density at radius 3 is 0.635 bits per heavy atom. The van der Waals surface area contributed by atoms with Crippen molar-refractivity contribution in [2.24, 2.45) is 0 Å². The fraction of sp³-hybridized carbons (Fsp3) is 0. The normalized spacial score (nSPS) is 12.4. The van der Waals surface area contributed by atoms with Crippen LogP contribution < -0.4 is 0 Å². The second-order valence-corrected chi connectivity index (χ2v) is 25.9. The van der Waals surface area contributed by atoms with E-state index in [-0.39, 0.29) is 0 Å². The van der Waals surface area contributed by atoms with E-state index in [1.54, 1.807) is 0 Å². The van der Waals surface area contributed by atoms with Crippen LogP contribution in [0.1, 0.15) is 0 Å². The van der Waals surface area contributed by atoms with Gasteiger partial charge in [0.2, 0.25) is 0 Å². The Bertz CT molecular complexity index is 6400. The van der Waals surface area contributed by atoms with E-state index < -0.39 is 0 Å². The molecule has 0 bridgehead atoms. The second-order valence-electron chi connectivity index (χ2n) is 25.9. The molecule has 0 fully saturated rings. The highest BCUT2D eigenvalue weighted by molar-refractivity contribution is 6.31. The highest BCUT2D eigenvalue weighted by Gasteiger charge is 2.26. The summed E-state index contributed by atoms with van der Waals surface area (Å²) in [4.78, 5) is 0. The van der Waals surface area contributed by atoms with Gasteiger partial charge in [-0.25, -0.2) is 0 Å². The standard InChI is InChI=1S/C90H54N6/c1-4-22-55(23-5-1)94-76-34-16-10-28-64(76)67-46-49-82-85(88(67)94)70-31-13-19-37-79(70)91(82)58-40-43-61-73(52-58)62-44-41-59(92-80-38-20-14-32-71(80)86-83(92)50-47-68-65-29-11-17-35-77(65)95(89(68)86)56-24-6-2-7-25-56)54-75(62)63-45-42-60(53-74(61)63)93-81-39-21-15-33-72(81)87-84(93)51-48-69-66-30-12-18-36-78(66)96(90(69)87)57-26-8-3-9-27-57/h1-54H. The summed E-state index contributed by atoms with van der Waals surface area (Å²) < 4.78 is 15.0. The van der Waals surface area contributed by atoms with Crippen LogP contribution in [0.3, 0.4) is 0 Å². The van der Waals surface area contributed by atoms with Gasteiger partial charge in [-0.1, -0.05) is 200 Å². The van der Waals surface area contributed by atoms with Crippen LogP contribution in [-0.4, -0.2) is 27.4 Å². The molecule has 0 saturated carbocycles. The SMILES string of the molecule is c1ccc(-n2c3ccccc3c3ccc4c(c5ccccc5n4-c4ccc5c(c4)c4ccc(-n6c7ccccc7c7c6ccc6c8ccccc8n(-c8ccccc8)c67)cc4c4ccc(-n6c7ccccc7c7c6ccc6c8ccccc8n(-c8ccccc8)c67)cc54)c32)cc1. The van der Waals surface area contributed by atoms with Crippen LogP contribution in [0.5, 0.6) is 0 Å². The molecule has 0 aliphatic rings. The summed E-state index contributed by atoms with van der Waals surface area (Å²) in [5.74, 6) is 0. The van der Waals surface area contributed by atoms with Gasteiger partial charge in [0.05, 0.1) is 66.2 Å². The highest BCUT2D eigenvalue weighted by atomic mass is 15.0. The van der Waals surface area contributed by atoms with Crippen molar-refractivity contribution in [2.75, 3.05) is 0 Å². The molecule has 444 valence electrons. The third kappa shape index (κ3) is 6.88. The molecule has 0 aliphatic carbocycles. The third-order valence-corrected chi connectivity index (χ3v) is 21.1. The molecule has 6 heteroatoms. The number of aromatic nitrogens is 6. The molecule has 16 aromatic carbocycles. The number of para-hydroxylation sites is 9. The predicted molar refractivity (Wildman–Crippen MR) is 405 cm³/mol. The lowest BCUT2D eigenvalue weighted by atomic mass is 9.93. The van der Waals surface area contributed by atoms with E-state index in [1.165, 1.54) is 130 Å². The molecule has 0 radical (unpaired) electrons. The van der Waals surface area contributed by atoms with Crippen LogP contribution in [0.2, 0.25) is 0 Å². The molecular weight excluding hydrogens is 1170 g/mol. The van der Waals surface area contributed by atoms with E-state index in [0.29, 0.717) is 0 Å². The zero-order chi connectivity index (χ0) is 62.4. The van der Waals surface area contributed by atoms with Crippen molar-refractivity contribution in [2.45, 2.75) is 0 Å². The lowest BCUT2D eigenvalue weighted by molar-refractivity contribution is 1.18. The highest BCUT2D eigenvalue weighted by Crippen LogP contribution is 2.48. The van der Waals surface area contributed by atoms with Crippen molar-refractivity contribution < 1.29 is 0 Å². The van der Waals surface area contributed by atoms with Crippen molar-refractivity contribution in [3.05, 3.63) is 328 Å². The Labute approximate surface area is 549 Å². The Hall–Kier alpha value is -12.9. The molecule has 0 aliphatic heterocycles. The van der Waals surface area contributed by atoms with Gasteiger partial charge in [0.15, 0.2) is 0 Å². The maximum atomic E-state index is 2.51. The molecule has 96 heavy (non-hydrogen) atoms. The van der Waals surface area contributed by atoms with Gasteiger partial charge in [0.1, 0.15) is 0 Å². The maximum absolute atomic E-state index is 2.51. The summed E-state index contributed by atoms with van der Waals surface area (Å²) in [5, 5.41) is 22.0. The molecule has 0 N–H and O–H groups in total. The van der Waals surface area contributed by atoms with Gasteiger partial charge in [-0.3, -0.25) is 0 Å². The first-order valence-corrected chi connectivity index (χ1v) is 33.2. The maximum Gasteiger partial charge on any atom is 0.0641 e. The van der Waals surface area contributed by atoms with Gasteiger partial charge in [-0.2, -0.15) is 0 Å². The Morgan fingerprint density at radius 2 is 0.354 bits per heavy atom. The summed E-state index contributed by atoms with van der Waals surface area (Å²) in [6.45, 7) is 0. The van der Waals surface area contributed by atoms with Gasteiger partial charge < -0.3 is 27.4 Å². The van der Waals surface area contributed by atoms with Crippen LogP contribution in [0.25, 0.3) is 197 Å². The molecule has 0 atom stereocenters. The first-order chi connectivity index (χ1) is 47.7. The van der Waals surface area contributed by atoms with E-state index in [2.05, 4.69) is 355 Å². The van der Waals surface area contributed by atoms with Gasteiger partial charge in [0, 0.05) is 98.8 Å². The van der Waals surface area contributed by atoms with Crippen molar-refractivity contribution in [3.8, 4) is 34.1 Å². The van der Waals surface area contributed by atoms with Crippen LogP contribution in [0, 0.1) is 0 Å². The third-order valence-electron chi connectivity index (χ3n) is 21.1. The fourth-order valence-electron chi connectivity index (χ4n) is 17.3. The molecule has 22 aromatic rings. The number of benzene rings is 16. The predicted octanol–water partition coefficient (Wildman–Crippen LogP) is 23.7. The monoisotopic (exact) mass is 1220 g/mol. The molecule has 0 saturated heterocycles. The van der Waals surface area contributed by atoms with Crippen LogP contribution in [-0.2, 0) is 0 Å². The molecular formula is C90H54N6. The van der Waals surface area contributed by atoms with Crippen molar-refractivity contribution in [1.82, 2.24) is 27.4 Å². The average molecular weight is 1220 g/mol. The largest absolute Gasteiger partial charge is 0.309 e. The number of hydrogen-bond donors (Lipinski definition) is 0. The first-order valence-electron chi connectivity index (χ1n) is 33.2. The molecule has 0 spiro atoms. The minimum Gasteiger partial charge on any atom is -0.309 e. The van der Waals surface area contributed by atoms with Gasteiger partial charge in [0.25, 0.3) is 0 Å². The Morgan fingerprint density at radius 1 is 0.125 bits per heavy atom. The van der Waals surface area contributed by atoms with E-state index in [1.807, 2.05) is 0 Å².